The second kappa shape index (κ2) is 14.3. The SMILES string of the molecule is CCCC[C@H](CC(=O)OC(C)(C)CCCC(=O)C(F)(F)F)N(Cc1ccccc1)[C@H](C)c1ccccc1. The molecule has 0 saturated carbocycles. The van der Waals surface area contributed by atoms with Crippen molar-refractivity contribution in [2.75, 3.05) is 0 Å². The Morgan fingerprint density at radius 2 is 1.54 bits per heavy atom. The fourth-order valence-electron chi connectivity index (χ4n) is 4.53. The third kappa shape index (κ3) is 10.7. The van der Waals surface area contributed by atoms with Crippen LogP contribution < -0.4 is 0 Å². The summed E-state index contributed by atoms with van der Waals surface area (Å²) in [6.07, 6.45) is -2.33. The van der Waals surface area contributed by atoms with Crippen LogP contribution in [0.1, 0.15) is 89.8 Å². The first kappa shape index (κ1) is 30.6. The number of ketones is 1. The molecule has 0 fully saturated rings. The van der Waals surface area contributed by atoms with E-state index in [9.17, 15) is 22.8 Å². The number of carbonyl (C=O) groups excluding carboxylic acids is 2. The summed E-state index contributed by atoms with van der Waals surface area (Å²) >= 11 is 0. The van der Waals surface area contributed by atoms with E-state index >= 15 is 0 Å². The fraction of sp³-hybridized carbons (Fsp3) is 0.533. The minimum Gasteiger partial charge on any atom is -0.460 e. The van der Waals surface area contributed by atoms with Gasteiger partial charge in [-0.15, -0.1) is 0 Å². The van der Waals surface area contributed by atoms with Crippen LogP contribution >= 0.6 is 0 Å². The maximum absolute atomic E-state index is 13.1. The van der Waals surface area contributed by atoms with Crippen molar-refractivity contribution in [1.29, 1.82) is 0 Å². The van der Waals surface area contributed by atoms with Crippen molar-refractivity contribution in [2.45, 2.75) is 103 Å². The Bertz CT molecular complexity index is 961. The first-order valence-electron chi connectivity index (χ1n) is 13.1. The van der Waals surface area contributed by atoms with Crippen LogP contribution in [0, 0.1) is 0 Å². The number of nitrogens with zero attached hydrogens (tertiary/aromatic N) is 1. The van der Waals surface area contributed by atoms with E-state index in [2.05, 4.69) is 43.0 Å². The van der Waals surface area contributed by atoms with Crippen molar-refractivity contribution >= 4 is 11.8 Å². The minimum absolute atomic E-state index is 0.00304. The van der Waals surface area contributed by atoms with Gasteiger partial charge in [0.15, 0.2) is 0 Å². The molecular formula is C30H40F3NO3. The number of hydrogen-bond acceptors (Lipinski definition) is 4. The average molecular weight is 520 g/mol. The van der Waals surface area contributed by atoms with Crippen LogP contribution in [0.4, 0.5) is 13.2 Å². The lowest BCUT2D eigenvalue weighted by atomic mass is 9.97. The monoisotopic (exact) mass is 519 g/mol. The van der Waals surface area contributed by atoms with Crippen molar-refractivity contribution < 1.29 is 27.5 Å². The number of halogens is 3. The van der Waals surface area contributed by atoms with Crippen molar-refractivity contribution in [2.24, 2.45) is 0 Å². The normalized spacial score (nSPS) is 13.8. The second-order valence-corrected chi connectivity index (χ2v) is 10.3. The highest BCUT2D eigenvalue weighted by Gasteiger charge is 2.38. The fourth-order valence-corrected chi connectivity index (χ4v) is 4.53. The summed E-state index contributed by atoms with van der Waals surface area (Å²) in [5.41, 5.74) is 1.34. The van der Waals surface area contributed by atoms with Crippen molar-refractivity contribution in [3.63, 3.8) is 0 Å². The first-order valence-corrected chi connectivity index (χ1v) is 13.1. The molecule has 0 saturated heterocycles. The van der Waals surface area contributed by atoms with Crippen molar-refractivity contribution in [3.8, 4) is 0 Å². The summed E-state index contributed by atoms with van der Waals surface area (Å²) in [7, 11) is 0. The van der Waals surface area contributed by atoms with E-state index in [1.165, 1.54) is 0 Å². The van der Waals surface area contributed by atoms with Gasteiger partial charge in [0, 0.05) is 25.0 Å². The van der Waals surface area contributed by atoms with Gasteiger partial charge in [-0.1, -0.05) is 80.4 Å². The zero-order valence-corrected chi connectivity index (χ0v) is 22.4. The Labute approximate surface area is 219 Å². The Balaban J connectivity index is 2.15. The molecule has 0 aliphatic rings. The number of rotatable bonds is 15. The quantitative estimate of drug-likeness (QED) is 0.225. The number of esters is 1. The van der Waals surface area contributed by atoms with Crippen LogP contribution in [-0.4, -0.2) is 34.5 Å². The molecule has 0 aromatic heterocycles. The first-order chi connectivity index (χ1) is 17.4. The van der Waals surface area contributed by atoms with Crippen LogP contribution in [0.2, 0.25) is 0 Å². The lowest BCUT2D eigenvalue weighted by Crippen LogP contribution is -2.40. The Morgan fingerprint density at radius 3 is 2.11 bits per heavy atom. The van der Waals surface area contributed by atoms with Gasteiger partial charge in [0.05, 0.1) is 6.42 Å². The predicted molar refractivity (Wildman–Crippen MR) is 140 cm³/mol. The Morgan fingerprint density at radius 1 is 0.946 bits per heavy atom. The van der Waals surface area contributed by atoms with E-state index < -0.39 is 24.0 Å². The van der Waals surface area contributed by atoms with E-state index in [0.717, 1.165) is 30.4 Å². The topological polar surface area (TPSA) is 46.6 Å². The van der Waals surface area contributed by atoms with Gasteiger partial charge < -0.3 is 4.74 Å². The molecule has 2 aromatic carbocycles. The van der Waals surface area contributed by atoms with Gasteiger partial charge in [-0.2, -0.15) is 13.2 Å². The van der Waals surface area contributed by atoms with E-state index in [4.69, 9.17) is 4.74 Å². The third-order valence-electron chi connectivity index (χ3n) is 6.64. The molecule has 2 atom stereocenters. The number of hydrogen-bond donors (Lipinski definition) is 0. The van der Waals surface area contributed by atoms with Crippen LogP contribution in [-0.2, 0) is 20.9 Å². The summed E-state index contributed by atoms with van der Waals surface area (Å²) in [6, 6.07) is 20.3. The van der Waals surface area contributed by atoms with Crippen molar-refractivity contribution in [3.05, 3.63) is 71.8 Å². The minimum atomic E-state index is -4.83. The third-order valence-corrected chi connectivity index (χ3v) is 6.64. The zero-order chi connectivity index (χ0) is 27.5. The van der Waals surface area contributed by atoms with Crippen LogP contribution in [0.5, 0.6) is 0 Å². The van der Waals surface area contributed by atoms with E-state index in [1.54, 1.807) is 13.8 Å². The molecule has 0 bridgehead atoms. The molecule has 0 aliphatic heterocycles. The Kier molecular flexibility index (Phi) is 11.8. The smallest absolute Gasteiger partial charge is 0.449 e. The molecule has 0 unspecified atom stereocenters. The molecule has 0 spiro atoms. The molecule has 2 rings (SSSR count). The summed E-state index contributed by atoms with van der Waals surface area (Å²) in [4.78, 5) is 26.6. The summed E-state index contributed by atoms with van der Waals surface area (Å²) in [5, 5.41) is 0. The molecule has 37 heavy (non-hydrogen) atoms. The van der Waals surface area contributed by atoms with E-state index in [0.29, 0.717) is 6.54 Å². The number of alkyl halides is 3. The molecular weight excluding hydrogens is 479 g/mol. The maximum atomic E-state index is 13.1. The van der Waals surface area contributed by atoms with Crippen LogP contribution in [0.25, 0.3) is 0 Å². The molecule has 4 nitrogen and oxygen atoms in total. The lowest BCUT2D eigenvalue weighted by molar-refractivity contribution is -0.171. The molecule has 2 aromatic rings. The molecule has 204 valence electrons. The van der Waals surface area contributed by atoms with Gasteiger partial charge in [0.1, 0.15) is 5.60 Å². The molecule has 0 amide bonds. The zero-order valence-electron chi connectivity index (χ0n) is 22.4. The second-order valence-electron chi connectivity index (χ2n) is 10.3. The van der Waals surface area contributed by atoms with Gasteiger partial charge in [-0.25, -0.2) is 0 Å². The highest BCUT2D eigenvalue weighted by Crippen LogP contribution is 2.30. The standard InChI is InChI=1S/C30H40F3NO3/c1-5-6-18-26(21-28(36)37-29(3,4)20-13-19-27(35)30(31,32)33)34(22-24-14-9-7-10-15-24)23(2)25-16-11-8-12-17-25/h7-12,14-17,23,26H,5-6,13,18-22H2,1-4H3/t23-,26-/m1/s1. The van der Waals surface area contributed by atoms with E-state index in [1.807, 2.05) is 36.4 Å². The van der Waals surface area contributed by atoms with Gasteiger partial charge in [0.2, 0.25) is 5.78 Å². The Hall–Kier alpha value is -2.67. The van der Waals surface area contributed by atoms with Crippen LogP contribution in [0.3, 0.4) is 0 Å². The van der Waals surface area contributed by atoms with Crippen molar-refractivity contribution in [1.82, 2.24) is 4.90 Å². The van der Waals surface area contributed by atoms with Crippen LogP contribution in [0.15, 0.2) is 60.7 Å². The van der Waals surface area contributed by atoms with E-state index in [-0.39, 0.29) is 37.3 Å². The molecule has 0 heterocycles. The molecule has 7 heteroatoms. The van der Waals surface area contributed by atoms with Gasteiger partial charge in [-0.3, -0.25) is 14.5 Å². The highest BCUT2D eigenvalue weighted by atomic mass is 19.4. The van der Waals surface area contributed by atoms with Gasteiger partial charge in [-0.05, 0) is 51.2 Å². The van der Waals surface area contributed by atoms with Gasteiger partial charge in [0.25, 0.3) is 0 Å². The highest BCUT2D eigenvalue weighted by molar-refractivity contribution is 5.83. The average Bonchev–Trinajstić information content (AvgIpc) is 2.85. The maximum Gasteiger partial charge on any atom is 0.449 e. The summed E-state index contributed by atoms with van der Waals surface area (Å²) in [5.74, 6) is -2.13. The summed E-state index contributed by atoms with van der Waals surface area (Å²) < 4.78 is 43.3. The largest absolute Gasteiger partial charge is 0.460 e. The number of benzene rings is 2. The predicted octanol–water partition coefficient (Wildman–Crippen LogP) is 7.82. The number of ether oxygens (including phenoxy) is 1. The molecule has 0 radical (unpaired) electrons. The summed E-state index contributed by atoms with van der Waals surface area (Å²) in [6.45, 7) is 8.28. The number of Topliss-reactive ketones (excluding diaryl/α,β-unsaturated/α-hetero) is 1. The lowest BCUT2D eigenvalue weighted by Gasteiger charge is -2.37. The number of carbonyl (C=O) groups is 2. The number of unbranched alkanes of at least 4 members (excludes halogenated alkanes) is 1. The molecule has 0 aliphatic carbocycles. The van der Waals surface area contributed by atoms with Gasteiger partial charge >= 0.3 is 12.1 Å². The molecule has 0 N–H and O–H groups in total.